The Labute approximate surface area is 152 Å². The molecule has 5 nitrogen and oxygen atoms in total. The smallest absolute Gasteiger partial charge is 0.269 e. The van der Waals surface area contributed by atoms with E-state index in [2.05, 4.69) is 4.98 Å². The summed E-state index contributed by atoms with van der Waals surface area (Å²) < 4.78 is 0.825. The lowest BCUT2D eigenvalue weighted by Gasteiger charge is -2.00. The molecule has 0 N–H and O–H groups in total. The SMILES string of the molecule is Cc1ccc(-c2csc(SCC(=O)c3ccc([N+](=O)[O-])cc3)n2)cc1. The average Bonchev–Trinajstić information content (AvgIpc) is 3.09. The molecule has 25 heavy (non-hydrogen) atoms. The number of carbonyl (C=O) groups excluding carboxylic acids is 1. The lowest BCUT2D eigenvalue weighted by molar-refractivity contribution is -0.384. The number of benzene rings is 2. The van der Waals surface area contributed by atoms with Crippen LogP contribution in [-0.4, -0.2) is 21.4 Å². The van der Waals surface area contributed by atoms with Gasteiger partial charge in [-0.15, -0.1) is 11.3 Å². The zero-order chi connectivity index (χ0) is 17.8. The van der Waals surface area contributed by atoms with Crippen LogP contribution < -0.4 is 0 Å². The van der Waals surface area contributed by atoms with E-state index in [4.69, 9.17) is 0 Å². The number of hydrogen-bond acceptors (Lipinski definition) is 6. The number of thiazole rings is 1. The monoisotopic (exact) mass is 370 g/mol. The normalized spacial score (nSPS) is 10.6. The molecule has 0 spiro atoms. The van der Waals surface area contributed by atoms with Gasteiger partial charge in [0.05, 0.1) is 16.4 Å². The molecule has 0 aliphatic heterocycles. The largest absolute Gasteiger partial charge is 0.293 e. The fraction of sp³-hybridized carbons (Fsp3) is 0.111. The van der Waals surface area contributed by atoms with Crippen molar-refractivity contribution >= 4 is 34.6 Å². The lowest BCUT2D eigenvalue weighted by atomic mass is 10.1. The summed E-state index contributed by atoms with van der Waals surface area (Å²) in [5, 5.41) is 12.6. The van der Waals surface area contributed by atoms with E-state index in [1.54, 1.807) is 0 Å². The standard InChI is InChI=1S/C18H14N2O3S2/c1-12-2-4-13(5-3-12)16-10-24-18(19-16)25-11-17(21)14-6-8-15(9-7-14)20(22)23/h2-10H,11H2,1H3. The van der Waals surface area contributed by atoms with Crippen LogP contribution in [0.1, 0.15) is 15.9 Å². The number of hydrogen-bond donors (Lipinski definition) is 0. The molecule has 0 bridgehead atoms. The number of aryl methyl sites for hydroxylation is 1. The Bertz CT molecular complexity index is 903. The van der Waals surface area contributed by atoms with E-state index in [1.165, 1.54) is 52.9 Å². The Morgan fingerprint density at radius 3 is 2.48 bits per heavy atom. The van der Waals surface area contributed by atoms with Crippen LogP contribution in [0.3, 0.4) is 0 Å². The van der Waals surface area contributed by atoms with Gasteiger partial charge in [-0.05, 0) is 19.1 Å². The third kappa shape index (κ3) is 4.32. The summed E-state index contributed by atoms with van der Waals surface area (Å²) in [6.45, 7) is 2.04. The number of carbonyl (C=O) groups is 1. The summed E-state index contributed by atoms with van der Waals surface area (Å²) in [6.07, 6.45) is 0. The first kappa shape index (κ1) is 17.3. The van der Waals surface area contributed by atoms with E-state index >= 15 is 0 Å². The second-order valence-electron chi connectivity index (χ2n) is 5.38. The predicted octanol–water partition coefficient (Wildman–Crippen LogP) is 5.00. The molecular formula is C18H14N2O3S2. The number of aromatic nitrogens is 1. The number of Topliss-reactive ketones (excluding diaryl/α,β-unsaturated/α-hetero) is 1. The van der Waals surface area contributed by atoms with E-state index in [0.717, 1.165) is 15.6 Å². The average molecular weight is 370 g/mol. The second kappa shape index (κ2) is 7.58. The van der Waals surface area contributed by atoms with Crippen molar-refractivity contribution in [3.63, 3.8) is 0 Å². The van der Waals surface area contributed by atoms with Crippen molar-refractivity contribution in [1.29, 1.82) is 0 Å². The zero-order valence-corrected chi connectivity index (χ0v) is 15.0. The van der Waals surface area contributed by atoms with Gasteiger partial charge in [-0.2, -0.15) is 0 Å². The van der Waals surface area contributed by atoms with Crippen molar-refractivity contribution in [1.82, 2.24) is 4.98 Å². The molecule has 0 aliphatic carbocycles. The Kier molecular flexibility index (Phi) is 5.25. The second-order valence-corrected chi connectivity index (χ2v) is 7.46. The molecule has 0 unspecified atom stereocenters. The first-order valence-corrected chi connectivity index (χ1v) is 9.32. The van der Waals surface area contributed by atoms with Crippen LogP contribution in [0.25, 0.3) is 11.3 Å². The first-order valence-electron chi connectivity index (χ1n) is 7.46. The number of nitrogens with zero attached hydrogens (tertiary/aromatic N) is 2. The first-order chi connectivity index (χ1) is 12.0. The van der Waals surface area contributed by atoms with Crippen molar-refractivity contribution in [3.05, 3.63) is 75.2 Å². The molecule has 0 saturated carbocycles. The van der Waals surface area contributed by atoms with Crippen molar-refractivity contribution in [3.8, 4) is 11.3 Å². The van der Waals surface area contributed by atoms with Crippen LogP contribution in [0, 0.1) is 17.0 Å². The van der Waals surface area contributed by atoms with Gasteiger partial charge in [0.15, 0.2) is 10.1 Å². The highest BCUT2D eigenvalue weighted by atomic mass is 32.2. The summed E-state index contributed by atoms with van der Waals surface area (Å²) in [5.74, 6) is 0.172. The molecule has 1 heterocycles. The minimum atomic E-state index is -0.481. The predicted molar refractivity (Wildman–Crippen MR) is 100 cm³/mol. The van der Waals surface area contributed by atoms with Gasteiger partial charge in [0.2, 0.25) is 0 Å². The van der Waals surface area contributed by atoms with Crippen LogP contribution in [0.4, 0.5) is 5.69 Å². The molecule has 1 aromatic heterocycles. The lowest BCUT2D eigenvalue weighted by Crippen LogP contribution is -2.02. The molecule has 0 saturated heterocycles. The Morgan fingerprint density at radius 2 is 1.84 bits per heavy atom. The molecular weight excluding hydrogens is 356 g/mol. The summed E-state index contributed by atoms with van der Waals surface area (Å²) in [4.78, 5) is 26.9. The minimum Gasteiger partial charge on any atom is -0.293 e. The Morgan fingerprint density at radius 1 is 1.16 bits per heavy atom. The van der Waals surface area contributed by atoms with Gasteiger partial charge in [-0.25, -0.2) is 4.98 Å². The van der Waals surface area contributed by atoms with Crippen LogP contribution in [-0.2, 0) is 0 Å². The molecule has 3 rings (SSSR count). The molecule has 0 atom stereocenters. The van der Waals surface area contributed by atoms with E-state index in [-0.39, 0.29) is 17.2 Å². The molecule has 0 fully saturated rings. The van der Waals surface area contributed by atoms with Crippen LogP contribution in [0.5, 0.6) is 0 Å². The Hall–Kier alpha value is -2.51. The van der Waals surface area contributed by atoms with Gasteiger partial charge in [0.25, 0.3) is 5.69 Å². The summed E-state index contributed by atoms with van der Waals surface area (Å²) in [7, 11) is 0. The number of ketones is 1. The highest BCUT2D eigenvalue weighted by Crippen LogP contribution is 2.29. The van der Waals surface area contributed by atoms with Crippen molar-refractivity contribution < 1.29 is 9.72 Å². The molecule has 7 heteroatoms. The Balaban J connectivity index is 1.62. The quantitative estimate of drug-likeness (QED) is 0.264. The summed E-state index contributed by atoms with van der Waals surface area (Å²) in [6, 6.07) is 13.8. The topological polar surface area (TPSA) is 73.1 Å². The molecule has 0 radical (unpaired) electrons. The maximum absolute atomic E-state index is 12.2. The maximum Gasteiger partial charge on any atom is 0.269 e. The van der Waals surface area contributed by atoms with Gasteiger partial charge >= 0.3 is 0 Å². The fourth-order valence-electron chi connectivity index (χ4n) is 2.16. The molecule has 0 amide bonds. The third-order valence-corrected chi connectivity index (χ3v) is 5.58. The molecule has 126 valence electrons. The van der Waals surface area contributed by atoms with E-state index in [9.17, 15) is 14.9 Å². The maximum atomic E-state index is 12.2. The van der Waals surface area contributed by atoms with E-state index in [1.807, 2.05) is 36.6 Å². The minimum absolute atomic E-state index is 0.0214. The van der Waals surface area contributed by atoms with Gasteiger partial charge in [-0.1, -0.05) is 41.6 Å². The van der Waals surface area contributed by atoms with Gasteiger partial charge < -0.3 is 0 Å². The van der Waals surface area contributed by atoms with Crippen molar-refractivity contribution in [2.24, 2.45) is 0 Å². The van der Waals surface area contributed by atoms with Gasteiger partial charge in [-0.3, -0.25) is 14.9 Å². The van der Waals surface area contributed by atoms with Crippen LogP contribution in [0.2, 0.25) is 0 Å². The van der Waals surface area contributed by atoms with Crippen LogP contribution in [0.15, 0.2) is 58.3 Å². The van der Waals surface area contributed by atoms with Crippen molar-refractivity contribution in [2.75, 3.05) is 5.75 Å². The van der Waals surface area contributed by atoms with Gasteiger partial charge in [0.1, 0.15) is 0 Å². The number of thioether (sulfide) groups is 1. The van der Waals surface area contributed by atoms with Crippen LogP contribution >= 0.6 is 23.1 Å². The number of nitro groups is 1. The third-order valence-electron chi connectivity index (χ3n) is 3.56. The highest BCUT2D eigenvalue weighted by Gasteiger charge is 2.12. The van der Waals surface area contributed by atoms with E-state index < -0.39 is 4.92 Å². The molecule has 0 aliphatic rings. The number of nitro benzene ring substituents is 1. The fourth-order valence-corrected chi connectivity index (χ4v) is 3.89. The highest BCUT2D eigenvalue weighted by molar-refractivity contribution is 8.01. The van der Waals surface area contributed by atoms with Gasteiger partial charge in [0, 0.05) is 28.6 Å². The molecule has 2 aromatic carbocycles. The molecule has 3 aromatic rings. The zero-order valence-electron chi connectivity index (χ0n) is 13.3. The van der Waals surface area contributed by atoms with Crippen molar-refractivity contribution in [2.45, 2.75) is 11.3 Å². The number of rotatable bonds is 6. The summed E-state index contributed by atoms with van der Waals surface area (Å²) in [5.41, 5.74) is 3.59. The number of non-ortho nitro benzene ring substituents is 1. The summed E-state index contributed by atoms with van der Waals surface area (Å²) >= 11 is 2.88. The van der Waals surface area contributed by atoms with E-state index in [0.29, 0.717) is 5.56 Å².